The average Bonchev–Trinajstić information content (AvgIpc) is 2.77. The molecule has 0 spiro atoms. The molecule has 3 rings (SSSR count). The molecule has 1 heterocycles. The van der Waals surface area contributed by atoms with E-state index >= 15 is 0 Å². The summed E-state index contributed by atoms with van der Waals surface area (Å²) >= 11 is 0. The van der Waals surface area contributed by atoms with Gasteiger partial charge in [-0.25, -0.2) is 18.4 Å². The lowest BCUT2D eigenvalue weighted by atomic mass is 10.1. The molecule has 0 radical (unpaired) electrons. The van der Waals surface area contributed by atoms with Gasteiger partial charge in [0.25, 0.3) is 10.0 Å². The molecule has 0 atom stereocenters. The van der Waals surface area contributed by atoms with Crippen LogP contribution in [0.3, 0.4) is 0 Å². The summed E-state index contributed by atoms with van der Waals surface area (Å²) in [5.74, 6) is -1.21. The van der Waals surface area contributed by atoms with Crippen molar-refractivity contribution < 1.29 is 18.1 Å². The highest BCUT2D eigenvalue weighted by Gasteiger charge is 2.25. The molecule has 0 bridgehead atoms. The summed E-state index contributed by atoms with van der Waals surface area (Å²) in [5, 5.41) is 11.6. The van der Waals surface area contributed by atoms with Gasteiger partial charge in [-0.1, -0.05) is 48.0 Å². The highest BCUT2D eigenvalue weighted by molar-refractivity contribution is 7.89. The normalized spacial score (nSPS) is 10.9. The van der Waals surface area contributed by atoms with E-state index in [1.165, 1.54) is 12.1 Å². The molecule has 0 aliphatic rings. The average molecular weight is 457 g/mol. The Morgan fingerprint density at radius 3 is 2.25 bits per heavy atom. The Morgan fingerprint density at radius 2 is 1.62 bits per heavy atom. The number of amides is 1. The Kier molecular flexibility index (Phi) is 6.92. The Balaban J connectivity index is 1.72. The third kappa shape index (κ3) is 5.74. The minimum atomic E-state index is -4.03. The van der Waals surface area contributed by atoms with Crippen LogP contribution in [-0.4, -0.2) is 29.2 Å². The number of hydrogen-bond acceptors (Lipinski definition) is 9. The van der Waals surface area contributed by atoms with Crippen molar-refractivity contribution in [3.63, 3.8) is 0 Å². The predicted molar refractivity (Wildman–Crippen MR) is 116 cm³/mol. The number of benzene rings is 2. The Hall–Kier alpha value is -4.10. The molecule has 3 aromatic rings. The molecule has 32 heavy (non-hydrogen) atoms. The molecule has 0 aliphatic heterocycles. The van der Waals surface area contributed by atoms with Crippen LogP contribution in [0, 0.1) is 17.0 Å². The zero-order chi connectivity index (χ0) is 23.1. The zero-order valence-corrected chi connectivity index (χ0v) is 17.6. The van der Waals surface area contributed by atoms with Crippen LogP contribution < -0.4 is 21.1 Å². The SMILES string of the molecule is Cc1ccc(S(=O)(=O)NNc2ncnc(NNC(=O)Cc3ccccc3)c2[N+](=O)[O-])cc1. The van der Waals surface area contributed by atoms with Crippen molar-refractivity contribution in [1.82, 2.24) is 20.2 Å². The maximum Gasteiger partial charge on any atom is 0.356 e. The van der Waals surface area contributed by atoms with E-state index in [9.17, 15) is 23.3 Å². The number of carbonyl (C=O) groups is 1. The van der Waals surface area contributed by atoms with E-state index in [0.717, 1.165) is 17.5 Å². The van der Waals surface area contributed by atoms with E-state index in [1.54, 1.807) is 43.3 Å². The van der Waals surface area contributed by atoms with Crippen LogP contribution in [0.25, 0.3) is 0 Å². The number of hydrazine groups is 2. The molecular weight excluding hydrogens is 438 g/mol. The fourth-order valence-electron chi connectivity index (χ4n) is 2.58. The van der Waals surface area contributed by atoms with Gasteiger partial charge in [-0.3, -0.25) is 31.2 Å². The number of rotatable bonds is 9. The van der Waals surface area contributed by atoms with Gasteiger partial charge < -0.3 is 0 Å². The molecule has 1 aromatic heterocycles. The molecule has 4 N–H and O–H groups in total. The topological polar surface area (TPSA) is 168 Å². The molecule has 12 nitrogen and oxygen atoms in total. The smallest absolute Gasteiger partial charge is 0.286 e. The molecule has 2 aromatic carbocycles. The minimum absolute atomic E-state index is 0.0359. The van der Waals surface area contributed by atoms with Crippen LogP contribution >= 0.6 is 0 Å². The third-order valence-corrected chi connectivity index (χ3v) is 5.43. The van der Waals surface area contributed by atoms with Gasteiger partial charge in [-0.15, -0.1) is 4.83 Å². The quantitative estimate of drug-likeness (QED) is 0.276. The summed E-state index contributed by atoms with van der Waals surface area (Å²) in [6, 6.07) is 14.9. The molecule has 0 saturated heterocycles. The molecule has 0 saturated carbocycles. The maximum absolute atomic E-state index is 12.4. The fraction of sp³-hybridized carbons (Fsp3) is 0.105. The van der Waals surface area contributed by atoms with Crippen LogP contribution in [0.4, 0.5) is 17.3 Å². The van der Waals surface area contributed by atoms with E-state index in [1.807, 2.05) is 10.9 Å². The van der Waals surface area contributed by atoms with Gasteiger partial charge >= 0.3 is 5.69 Å². The molecule has 0 unspecified atom stereocenters. The third-order valence-electron chi connectivity index (χ3n) is 4.17. The summed E-state index contributed by atoms with van der Waals surface area (Å²) in [5.41, 5.74) is 7.88. The number of nitro groups is 1. The fourth-order valence-corrected chi connectivity index (χ4v) is 3.42. The van der Waals surface area contributed by atoms with Crippen molar-refractivity contribution in [2.24, 2.45) is 0 Å². The van der Waals surface area contributed by atoms with Crippen LogP contribution in [0.1, 0.15) is 11.1 Å². The van der Waals surface area contributed by atoms with Crippen molar-refractivity contribution in [2.75, 3.05) is 10.9 Å². The molecule has 1 amide bonds. The first-order chi connectivity index (χ1) is 15.3. The molecular formula is C19H19N7O5S. The number of hydrogen-bond donors (Lipinski definition) is 4. The number of carbonyl (C=O) groups excluding carboxylic acids is 1. The number of anilines is 2. The largest absolute Gasteiger partial charge is 0.356 e. The Labute approximate surface area is 183 Å². The predicted octanol–water partition coefficient (Wildman–Crippen LogP) is 1.68. The number of aryl methyl sites for hydroxylation is 1. The van der Waals surface area contributed by atoms with Crippen LogP contribution in [-0.2, 0) is 21.2 Å². The van der Waals surface area contributed by atoms with Crippen molar-refractivity contribution in [3.8, 4) is 0 Å². The number of nitrogens with one attached hydrogen (secondary N) is 4. The lowest BCUT2D eigenvalue weighted by Crippen LogP contribution is -2.33. The first-order valence-electron chi connectivity index (χ1n) is 9.19. The van der Waals surface area contributed by atoms with Gasteiger partial charge in [0.05, 0.1) is 16.2 Å². The lowest BCUT2D eigenvalue weighted by Gasteiger charge is -2.12. The van der Waals surface area contributed by atoms with Crippen molar-refractivity contribution in [2.45, 2.75) is 18.2 Å². The highest BCUT2D eigenvalue weighted by Crippen LogP contribution is 2.28. The molecule has 166 valence electrons. The summed E-state index contributed by atoms with van der Waals surface area (Å²) < 4.78 is 24.8. The zero-order valence-electron chi connectivity index (χ0n) is 16.8. The van der Waals surface area contributed by atoms with E-state index in [2.05, 4.69) is 26.2 Å². The van der Waals surface area contributed by atoms with E-state index in [0.29, 0.717) is 0 Å². The monoisotopic (exact) mass is 457 g/mol. The second-order valence-corrected chi connectivity index (χ2v) is 8.24. The summed E-state index contributed by atoms with van der Waals surface area (Å²) in [6.45, 7) is 1.81. The molecule has 0 aliphatic carbocycles. The van der Waals surface area contributed by atoms with E-state index < -0.39 is 32.4 Å². The number of sulfonamides is 1. The molecule has 13 heteroatoms. The van der Waals surface area contributed by atoms with E-state index in [-0.39, 0.29) is 17.1 Å². The summed E-state index contributed by atoms with van der Waals surface area (Å²) in [7, 11) is -4.03. The maximum atomic E-state index is 12.4. The highest BCUT2D eigenvalue weighted by atomic mass is 32.2. The number of nitrogens with zero attached hydrogens (tertiary/aromatic N) is 3. The van der Waals surface area contributed by atoms with Crippen LogP contribution in [0.5, 0.6) is 0 Å². The first kappa shape index (κ1) is 22.6. The molecule has 0 fully saturated rings. The van der Waals surface area contributed by atoms with Gasteiger partial charge in [0.15, 0.2) is 0 Å². The van der Waals surface area contributed by atoms with E-state index in [4.69, 9.17) is 0 Å². The summed E-state index contributed by atoms with van der Waals surface area (Å²) in [4.78, 5) is 32.3. The second-order valence-electron chi connectivity index (χ2n) is 6.56. The van der Waals surface area contributed by atoms with Crippen molar-refractivity contribution >= 4 is 33.3 Å². The second kappa shape index (κ2) is 9.80. The van der Waals surface area contributed by atoms with Crippen LogP contribution in [0.15, 0.2) is 65.8 Å². The van der Waals surface area contributed by atoms with Gasteiger partial charge in [-0.2, -0.15) is 0 Å². The van der Waals surface area contributed by atoms with Crippen LogP contribution in [0.2, 0.25) is 0 Å². The van der Waals surface area contributed by atoms with Gasteiger partial charge in [-0.05, 0) is 24.6 Å². The Bertz CT molecular complexity index is 1220. The van der Waals surface area contributed by atoms with Crippen molar-refractivity contribution in [1.29, 1.82) is 0 Å². The standard InChI is InChI=1S/C19H19N7O5S/c1-13-7-9-15(10-8-13)32(30,31)25-24-19-17(26(28)29)18(20-12-21-19)23-22-16(27)11-14-5-3-2-4-6-14/h2-10,12,25H,11H2,1H3,(H,22,27)(H2,20,21,23,24). The summed E-state index contributed by atoms with van der Waals surface area (Å²) in [6.07, 6.45) is 1.01. The van der Waals surface area contributed by atoms with Crippen molar-refractivity contribution in [3.05, 3.63) is 82.2 Å². The van der Waals surface area contributed by atoms with Gasteiger partial charge in [0.1, 0.15) is 6.33 Å². The Morgan fingerprint density at radius 1 is 1.00 bits per heavy atom. The lowest BCUT2D eigenvalue weighted by molar-refractivity contribution is -0.383. The first-order valence-corrected chi connectivity index (χ1v) is 10.7. The number of aromatic nitrogens is 2. The minimum Gasteiger partial charge on any atom is -0.286 e. The van der Waals surface area contributed by atoms with Gasteiger partial charge in [0, 0.05) is 0 Å². The van der Waals surface area contributed by atoms with Gasteiger partial charge in [0.2, 0.25) is 17.5 Å².